The molecule has 2 unspecified atom stereocenters. The predicted molar refractivity (Wildman–Crippen MR) is 150 cm³/mol. The van der Waals surface area contributed by atoms with Gasteiger partial charge < -0.3 is 15.8 Å². The third-order valence-electron chi connectivity index (χ3n) is 6.38. The molecule has 5 heteroatoms. The summed E-state index contributed by atoms with van der Waals surface area (Å²) in [5.74, 6) is 1.42. The largest absolute Gasteiger partial charge is 0.362 e. The fourth-order valence-electron chi connectivity index (χ4n) is 4.55. The van der Waals surface area contributed by atoms with Crippen molar-refractivity contribution in [2.45, 2.75) is 39.0 Å². The second-order valence-electron chi connectivity index (χ2n) is 8.36. The summed E-state index contributed by atoms with van der Waals surface area (Å²) in [6.07, 6.45) is 2.29. The lowest BCUT2D eigenvalue weighted by atomic mass is 9.82. The molecule has 0 fully saturated rings. The van der Waals surface area contributed by atoms with Crippen molar-refractivity contribution in [1.82, 2.24) is 4.72 Å². The number of ether oxygens (including phenoxy) is 1. The molecule has 0 spiro atoms. The van der Waals surface area contributed by atoms with Gasteiger partial charge in [0, 0.05) is 30.6 Å². The first-order valence-electron chi connectivity index (χ1n) is 11.9. The quantitative estimate of drug-likeness (QED) is 0.281. The van der Waals surface area contributed by atoms with Gasteiger partial charge in [-0.25, -0.2) is 0 Å². The number of para-hydroxylation sites is 1. The van der Waals surface area contributed by atoms with Crippen LogP contribution in [0.4, 0.5) is 5.69 Å². The SMILES string of the molecule is C.CCC(CCNS)C1COCNc2ccccc21.NCC(c1ccccc1)c1ccccc1. The molecule has 0 saturated heterocycles. The first kappa shape index (κ1) is 27.9. The summed E-state index contributed by atoms with van der Waals surface area (Å²) in [6.45, 7) is 5.25. The predicted octanol–water partition coefficient (Wildman–Crippen LogP) is 6.43. The zero-order valence-electron chi connectivity index (χ0n) is 19.5. The molecular formula is C29H41N3OS. The van der Waals surface area contributed by atoms with E-state index in [4.69, 9.17) is 10.5 Å². The molecule has 34 heavy (non-hydrogen) atoms. The molecule has 0 saturated carbocycles. The van der Waals surface area contributed by atoms with Crippen molar-refractivity contribution in [3.63, 3.8) is 0 Å². The molecule has 3 aromatic carbocycles. The topological polar surface area (TPSA) is 59.3 Å². The minimum atomic E-state index is 0. The highest BCUT2D eigenvalue weighted by Crippen LogP contribution is 2.35. The fourth-order valence-corrected chi connectivity index (χ4v) is 4.68. The number of rotatable bonds is 8. The molecule has 0 aliphatic carbocycles. The van der Waals surface area contributed by atoms with Crippen LogP contribution in [0, 0.1) is 5.92 Å². The Labute approximate surface area is 211 Å². The van der Waals surface area contributed by atoms with Crippen LogP contribution in [0.5, 0.6) is 0 Å². The number of anilines is 1. The van der Waals surface area contributed by atoms with Crippen molar-refractivity contribution in [3.05, 3.63) is 102 Å². The molecule has 2 atom stereocenters. The minimum Gasteiger partial charge on any atom is -0.362 e. The van der Waals surface area contributed by atoms with Gasteiger partial charge in [0.1, 0.15) is 6.73 Å². The minimum absolute atomic E-state index is 0. The molecular weight excluding hydrogens is 438 g/mol. The summed E-state index contributed by atoms with van der Waals surface area (Å²) in [4.78, 5) is 0. The smallest absolute Gasteiger partial charge is 0.116 e. The van der Waals surface area contributed by atoms with Crippen LogP contribution in [0.2, 0.25) is 0 Å². The van der Waals surface area contributed by atoms with Crippen molar-refractivity contribution in [2.75, 3.05) is 31.7 Å². The van der Waals surface area contributed by atoms with Crippen LogP contribution in [0.15, 0.2) is 84.9 Å². The molecule has 0 aromatic heterocycles. The van der Waals surface area contributed by atoms with Gasteiger partial charge in [0.15, 0.2) is 0 Å². The maximum Gasteiger partial charge on any atom is 0.116 e. The molecule has 0 bridgehead atoms. The van der Waals surface area contributed by atoms with E-state index in [1.807, 2.05) is 12.1 Å². The van der Waals surface area contributed by atoms with Crippen molar-refractivity contribution >= 4 is 18.5 Å². The van der Waals surface area contributed by atoms with Crippen molar-refractivity contribution in [3.8, 4) is 0 Å². The van der Waals surface area contributed by atoms with E-state index in [-0.39, 0.29) is 7.43 Å². The Bertz CT molecular complexity index is 883. The highest BCUT2D eigenvalue weighted by Gasteiger charge is 2.25. The van der Waals surface area contributed by atoms with Gasteiger partial charge in [0.2, 0.25) is 0 Å². The van der Waals surface area contributed by atoms with Gasteiger partial charge in [0.25, 0.3) is 0 Å². The van der Waals surface area contributed by atoms with E-state index in [0.29, 0.717) is 31.0 Å². The zero-order chi connectivity index (χ0) is 23.3. The van der Waals surface area contributed by atoms with E-state index in [2.05, 4.69) is 103 Å². The van der Waals surface area contributed by atoms with E-state index in [1.165, 1.54) is 22.4 Å². The number of hydrogen-bond donors (Lipinski definition) is 4. The Kier molecular flexibility index (Phi) is 12.8. The molecule has 1 heterocycles. The van der Waals surface area contributed by atoms with Crippen LogP contribution in [-0.2, 0) is 4.74 Å². The first-order chi connectivity index (χ1) is 16.3. The van der Waals surface area contributed by atoms with E-state index in [9.17, 15) is 0 Å². The average Bonchev–Trinajstić information content (AvgIpc) is 3.10. The maximum absolute atomic E-state index is 5.84. The Hall–Kier alpha value is -2.31. The molecule has 1 aliphatic heterocycles. The Morgan fingerprint density at radius 3 is 2.12 bits per heavy atom. The lowest BCUT2D eigenvalue weighted by Gasteiger charge is -2.25. The van der Waals surface area contributed by atoms with Gasteiger partial charge >= 0.3 is 0 Å². The zero-order valence-corrected chi connectivity index (χ0v) is 20.4. The molecule has 3 aromatic rings. The summed E-state index contributed by atoms with van der Waals surface area (Å²) in [7, 11) is 0. The van der Waals surface area contributed by atoms with Crippen molar-refractivity contribution in [1.29, 1.82) is 0 Å². The van der Waals surface area contributed by atoms with Gasteiger partial charge in [-0.15, -0.1) is 0 Å². The number of benzene rings is 3. The molecule has 184 valence electrons. The molecule has 4 rings (SSSR count). The number of fused-ring (bicyclic) bond motifs is 1. The third kappa shape index (κ3) is 7.88. The van der Waals surface area contributed by atoms with Crippen molar-refractivity contribution in [2.24, 2.45) is 11.7 Å². The molecule has 0 amide bonds. The van der Waals surface area contributed by atoms with Gasteiger partial charge in [0.05, 0.1) is 6.61 Å². The molecule has 0 radical (unpaired) electrons. The number of thiol groups is 1. The normalized spacial score (nSPS) is 15.6. The van der Waals surface area contributed by atoms with Crippen LogP contribution >= 0.6 is 12.8 Å². The third-order valence-corrected chi connectivity index (χ3v) is 6.61. The highest BCUT2D eigenvalue weighted by atomic mass is 32.1. The van der Waals surface area contributed by atoms with E-state index >= 15 is 0 Å². The number of hydrogen-bond acceptors (Lipinski definition) is 5. The van der Waals surface area contributed by atoms with Crippen LogP contribution < -0.4 is 15.8 Å². The Morgan fingerprint density at radius 1 is 0.971 bits per heavy atom. The number of nitrogens with two attached hydrogens (primary N) is 1. The highest BCUT2D eigenvalue weighted by molar-refractivity contribution is 7.78. The summed E-state index contributed by atoms with van der Waals surface area (Å²) in [5, 5.41) is 3.34. The number of nitrogens with one attached hydrogen (secondary N) is 2. The van der Waals surface area contributed by atoms with Gasteiger partial charge in [-0.3, -0.25) is 4.72 Å². The first-order valence-corrected chi connectivity index (χ1v) is 12.3. The van der Waals surface area contributed by atoms with Crippen LogP contribution in [0.1, 0.15) is 55.7 Å². The summed E-state index contributed by atoms with van der Waals surface area (Å²) >= 11 is 4.08. The van der Waals surface area contributed by atoms with E-state index < -0.39 is 0 Å². The Balaban J connectivity index is 0.000000237. The second-order valence-corrected chi connectivity index (χ2v) is 8.68. The standard InChI is InChI=1S/C14H22N2OS.C14H15N.CH4/c1-2-11(7-8-16-18)13-9-17-10-15-14-6-4-3-5-12(13)14;15-11-14(12-7-3-1-4-8-12)13-9-5-2-6-10-13;/h3-6,11,13,15-16,18H,2,7-10H2,1H3;1-10,14H,11,15H2;1H4. The summed E-state index contributed by atoms with van der Waals surface area (Å²) in [6, 6.07) is 29.4. The van der Waals surface area contributed by atoms with Crippen molar-refractivity contribution < 1.29 is 4.74 Å². The van der Waals surface area contributed by atoms with Gasteiger partial charge in [-0.2, -0.15) is 0 Å². The van der Waals surface area contributed by atoms with Gasteiger partial charge in [-0.05, 0) is 35.1 Å². The molecule has 4 nitrogen and oxygen atoms in total. The molecule has 1 aliphatic rings. The summed E-state index contributed by atoms with van der Waals surface area (Å²) < 4.78 is 8.65. The van der Waals surface area contributed by atoms with Crippen LogP contribution in [-0.4, -0.2) is 26.4 Å². The monoisotopic (exact) mass is 479 g/mol. The average molecular weight is 480 g/mol. The van der Waals surface area contributed by atoms with E-state index in [1.54, 1.807) is 0 Å². The second kappa shape index (κ2) is 15.6. The summed E-state index contributed by atoms with van der Waals surface area (Å²) in [5.41, 5.74) is 11.0. The maximum atomic E-state index is 5.84. The fraction of sp³-hybridized carbons (Fsp3) is 0.379. The lowest BCUT2D eigenvalue weighted by molar-refractivity contribution is 0.121. The van der Waals surface area contributed by atoms with Gasteiger partial charge in [-0.1, -0.05) is 112 Å². The Morgan fingerprint density at radius 2 is 1.56 bits per heavy atom. The molecule has 4 N–H and O–H groups in total. The van der Waals surface area contributed by atoms with Crippen LogP contribution in [0.25, 0.3) is 0 Å². The lowest BCUT2D eigenvalue weighted by Crippen LogP contribution is -2.20. The van der Waals surface area contributed by atoms with E-state index in [0.717, 1.165) is 26.0 Å². The van der Waals surface area contributed by atoms with Crippen LogP contribution in [0.3, 0.4) is 0 Å².